The van der Waals surface area contributed by atoms with E-state index in [1.165, 1.54) is 4.90 Å². The third-order valence-electron chi connectivity index (χ3n) is 3.96. The average molecular weight is 320 g/mol. The summed E-state index contributed by atoms with van der Waals surface area (Å²) < 4.78 is 39.8. The molecule has 1 amide bonds. The topological polar surface area (TPSA) is 68.8 Å². The van der Waals surface area contributed by atoms with Crippen molar-refractivity contribution >= 4 is 5.91 Å². The molecule has 1 aromatic rings. The molecule has 23 heavy (non-hydrogen) atoms. The number of hydrogen-bond acceptors (Lipinski definition) is 4. The molecule has 2 unspecified atom stereocenters. The van der Waals surface area contributed by atoms with E-state index in [-0.39, 0.29) is 18.7 Å². The van der Waals surface area contributed by atoms with Crippen molar-refractivity contribution < 1.29 is 18.0 Å². The fraction of sp³-hybridized carbons (Fsp3) is 0.333. The Balaban J connectivity index is 2.03. The minimum Gasteiger partial charge on any atom is -0.360 e. The van der Waals surface area contributed by atoms with Gasteiger partial charge in [-0.2, -0.15) is 23.5 Å². The summed E-state index contributed by atoms with van der Waals surface area (Å²) in [6, 6.07) is 8.60. The normalized spacial score (nSPS) is 23.5. The van der Waals surface area contributed by atoms with Crippen molar-refractivity contribution in [3.05, 3.63) is 47.3 Å². The van der Waals surface area contributed by atoms with E-state index in [0.717, 1.165) is 17.3 Å². The van der Waals surface area contributed by atoms with Gasteiger partial charge in [-0.05, 0) is 11.1 Å². The first-order valence-electron chi connectivity index (χ1n) is 6.86. The highest BCUT2D eigenvalue weighted by Gasteiger charge is 2.51. The average Bonchev–Trinajstić information content (AvgIpc) is 2.85. The number of azo groups is 1. The van der Waals surface area contributed by atoms with Gasteiger partial charge in [-0.3, -0.25) is 4.79 Å². The molecule has 0 saturated heterocycles. The van der Waals surface area contributed by atoms with E-state index in [0.29, 0.717) is 0 Å². The number of halogens is 3. The summed E-state index contributed by atoms with van der Waals surface area (Å²) in [6.45, 7) is 0.198. The monoisotopic (exact) mass is 320 g/mol. The van der Waals surface area contributed by atoms with Crippen LogP contribution in [0.5, 0.6) is 0 Å². The lowest BCUT2D eigenvalue weighted by atomic mass is 9.99. The van der Waals surface area contributed by atoms with Crippen LogP contribution in [0.25, 0.3) is 0 Å². The van der Waals surface area contributed by atoms with E-state index < -0.39 is 24.0 Å². The van der Waals surface area contributed by atoms with Crippen molar-refractivity contribution in [2.45, 2.75) is 25.2 Å². The summed E-state index contributed by atoms with van der Waals surface area (Å²) in [4.78, 5) is 13.1. The number of fused-ring (bicyclic) bond motifs is 1. The summed E-state index contributed by atoms with van der Waals surface area (Å²) in [6.07, 6.45) is -3.77. The SMILES string of the molecule is N#CCC1c2ccccc2CN1C1=CN=NC(=O)C1C(F)(F)F. The van der Waals surface area contributed by atoms with Crippen LogP contribution in [0, 0.1) is 17.2 Å². The van der Waals surface area contributed by atoms with E-state index in [1.807, 2.05) is 6.07 Å². The molecule has 0 radical (unpaired) electrons. The van der Waals surface area contributed by atoms with Gasteiger partial charge < -0.3 is 4.90 Å². The molecule has 2 aliphatic rings. The first-order chi connectivity index (χ1) is 10.9. The van der Waals surface area contributed by atoms with Crippen LogP contribution in [-0.4, -0.2) is 17.0 Å². The van der Waals surface area contributed by atoms with Crippen LogP contribution in [-0.2, 0) is 11.3 Å². The van der Waals surface area contributed by atoms with Crippen molar-refractivity contribution in [3.8, 4) is 6.07 Å². The molecule has 2 aliphatic heterocycles. The van der Waals surface area contributed by atoms with Crippen molar-refractivity contribution in [3.63, 3.8) is 0 Å². The maximum atomic E-state index is 13.3. The molecule has 3 rings (SSSR count). The summed E-state index contributed by atoms with van der Waals surface area (Å²) in [5, 5.41) is 15.4. The van der Waals surface area contributed by atoms with Crippen LogP contribution in [0.15, 0.2) is 46.4 Å². The zero-order valence-corrected chi connectivity index (χ0v) is 11.8. The molecule has 0 fully saturated rings. The molecule has 0 aliphatic carbocycles. The van der Waals surface area contributed by atoms with Crippen LogP contribution < -0.4 is 0 Å². The van der Waals surface area contributed by atoms with Crippen LogP contribution in [0.1, 0.15) is 23.6 Å². The Hall–Kier alpha value is -2.69. The minimum atomic E-state index is -4.76. The van der Waals surface area contributed by atoms with Crippen LogP contribution >= 0.6 is 0 Å². The predicted molar refractivity (Wildman–Crippen MR) is 72.4 cm³/mol. The summed E-state index contributed by atoms with van der Waals surface area (Å²) >= 11 is 0. The number of carbonyl (C=O) groups excluding carboxylic acids is 1. The second-order valence-corrected chi connectivity index (χ2v) is 5.29. The largest absolute Gasteiger partial charge is 0.406 e. The zero-order chi connectivity index (χ0) is 16.6. The zero-order valence-electron chi connectivity index (χ0n) is 11.8. The molecule has 5 nitrogen and oxygen atoms in total. The first-order valence-corrected chi connectivity index (χ1v) is 6.86. The van der Waals surface area contributed by atoms with Gasteiger partial charge in [-0.15, -0.1) is 5.11 Å². The summed E-state index contributed by atoms with van der Waals surface area (Å²) in [5.74, 6) is -3.67. The van der Waals surface area contributed by atoms with Crippen molar-refractivity contribution in [2.75, 3.05) is 0 Å². The maximum Gasteiger partial charge on any atom is 0.406 e. The molecule has 1 aromatic carbocycles. The third-order valence-corrected chi connectivity index (χ3v) is 3.96. The lowest BCUT2D eigenvalue weighted by molar-refractivity contribution is -0.177. The van der Waals surface area contributed by atoms with Crippen LogP contribution in [0.2, 0.25) is 0 Å². The van der Waals surface area contributed by atoms with E-state index in [4.69, 9.17) is 5.26 Å². The van der Waals surface area contributed by atoms with E-state index >= 15 is 0 Å². The van der Waals surface area contributed by atoms with Crippen LogP contribution in [0.4, 0.5) is 13.2 Å². The van der Waals surface area contributed by atoms with Crippen LogP contribution in [0.3, 0.4) is 0 Å². The lowest BCUT2D eigenvalue weighted by Gasteiger charge is -2.33. The third kappa shape index (κ3) is 2.59. The van der Waals surface area contributed by atoms with Gasteiger partial charge in [0, 0.05) is 6.54 Å². The van der Waals surface area contributed by atoms with Gasteiger partial charge in [0.2, 0.25) is 0 Å². The van der Waals surface area contributed by atoms with Crippen molar-refractivity contribution in [1.82, 2.24) is 4.90 Å². The minimum absolute atomic E-state index is 0.0181. The van der Waals surface area contributed by atoms with Gasteiger partial charge in [-0.1, -0.05) is 24.3 Å². The smallest absolute Gasteiger partial charge is 0.360 e. The molecule has 0 spiro atoms. The Bertz CT molecular complexity index is 748. The molecule has 0 saturated carbocycles. The Labute approximate surface area is 129 Å². The highest BCUT2D eigenvalue weighted by Crippen LogP contribution is 2.44. The number of rotatable bonds is 2. The van der Waals surface area contributed by atoms with Gasteiger partial charge in [0.1, 0.15) is 0 Å². The molecule has 0 bridgehead atoms. The number of benzene rings is 1. The first kappa shape index (κ1) is 15.2. The number of carbonyl (C=O) groups is 1. The molecule has 2 heterocycles. The van der Waals surface area contributed by atoms with E-state index in [1.54, 1.807) is 24.3 Å². The summed E-state index contributed by atoms with van der Waals surface area (Å²) in [7, 11) is 0. The summed E-state index contributed by atoms with van der Waals surface area (Å²) in [5.41, 5.74) is 1.38. The van der Waals surface area contributed by atoms with Crippen molar-refractivity contribution in [2.24, 2.45) is 16.1 Å². The highest BCUT2D eigenvalue weighted by atomic mass is 19.4. The second kappa shape index (κ2) is 5.50. The number of hydrogen-bond donors (Lipinski definition) is 0. The van der Waals surface area contributed by atoms with Gasteiger partial charge >= 0.3 is 6.18 Å². The predicted octanol–water partition coefficient (Wildman–Crippen LogP) is 3.47. The van der Waals surface area contributed by atoms with Gasteiger partial charge in [0.25, 0.3) is 5.91 Å². The Morgan fingerprint density at radius 1 is 1.35 bits per heavy atom. The maximum absolute atomic E-state index is 13.3. The van der Waals surface area contributed by atoms with E-state index in [2.05, 4.69) is 10.2 Å². The van der Waals surface area contributed by atoms with Gasteiger partial charge in [0.05, 0.1) is 30.4 Å². The Kier molecular flexibility index (Phi) is 3.64. The standard InChI is InChI=1S/C15H11F3N4O/c16-15(17,18)13-12(7-20-21-14(13)23)22-8-9-3-1-2-4-10(9)11(22)5-6-19/h1-4,7,11,13H,5,8H2. The molecule has 118 valence electrons. The second-order valence-electron chi connectivity index (χ2n) is 5.29. The Morgan fingerprint density at radius 3 is 2.78 bits per heavy atom. The number of nitrogens with zero attached hydrogens (tertiary/aromatic N) is 4. The van der Waals surface area contributed by atoms with E-state index in [9.17, 15) is 18.0 Å². The highest BCUT2D eigenvalue weighted by molar-refractivity contribution is 5.83. The molecule has 0 N–H and O–H groups in total. The quantitative estimate of drug-likeness (QED) is 0.838. The molecule has 2 atom stereocenters. The lowest BCUT2D eigenvalue weighted by Crippen LogP contribution is -2.39. The fourth-order valence-electron chi connectivity index (χ4n) is 2.99. The molecule has 0 aromatic heterocycles. The number of amides is 1. The number of nitriles is 1. The molecule has 8 heteroatoms. The van der Waals surface area contributed by atoms with Crippen molar-refractivity contribution in [1.29, 1.82) is 5.26 Å². The molecular formula is C15H11F3N4O. The fourth-order valence-corrected chi connectivity index (χ4v) is 2.99. The molecular weight excluding hydrogens is 309 g/mol. The number of alkyl halides is 3. The van der Waals surface area contributed by atoms with Gasteiger partial charge in [0.15, 0.2) is 5.92 Å². The Morgan fingerprint density at radius 2 is 2.09 bits per heavy atom. The van der Waals surface area contributed by atoms with Gasteiger partial charge in [-0.25, -0.2) is 0 Å².